The van der Waals surface area contributed by atoms with E-state index >= 15 is 0 Å². The summed E-state index contributed by atoms with van der Waals surface area (Å²) in [4.78, 5) is 2.49. The van der Waals surface area contributed by atoms with Crippen LogP contribution in [0.2, 0.25) is 5.02 Å². The molecule has 0 saturated carbocycles. The van der Waals surface area contributed by atoms with Gasteiger partial charge in [0.1, 0.15) is 0 Å². The van der Waals surface area contributed by atoms with Crippen molar-refractivity contribution in [2.45, 2.75) is 52.6 Å². The van der Waals surface area contributed by atoms with Gasteiger partial charge in [-0.2, -0.15) is 0 Å². The summed E-state index contributed by atoms with van der Waals surface area (Å²) in [5, 5.41) is 4.34. The third-order valence-electron chi connectivity index (χ3n) is 4.04. The predicted octanol–water partition coefficient (Wildman–Crippen LogP) is 4.46. The maximum Gasteiger partial charge on any atom is 0.0471 e. The summed E-state index contributed by atoms with van der Waals surface area (Å²) in [6.07, 6.45) is 3.93. The second kappa shape index (κ2) is 7.33. The highest BCUT2D eigenvalue weighted by atomic mass is 35.5. The molecule has 20 heavy (non-hydrogen) atoms. The number of piperidine rings is 1. The molecule has 0 amide bonds. The van der Waals surface area contributed by atoms with Crippen LogP contribution in [-0.2, 0) is 6.54 Å². The molecular formula is C17H27ClN2. The van der Waals surface area contributed by atoms with Crippen molar-refractivity contribution in [3.05, 3.63) is 28.8 Å². The number of nitrogens with zero attached hydrogens (tertiary/aromatic N) is 1. The summed E-state index contributed by atoms with van der Waals surface area (Å²) < 4.78 is 0. The highest BCUT2D eigenvalue weighted by Gasteiger charge is 2.19. The molecule has 1 N–H and O–H groups in total. The van der Waals surface area contributed by atoms with Crippen LogP contribution in [0.15, 0.2) is 18.2 Å². The zero-order chi connectivity index (χ0) is 14.5. The van der Waals surface area contributed by atoms with E-state index in [4.69, 9.17) is 11.6 Å². The summed E-state index contributed by atoms with van der Waals surface area (Å²) in [6.45, 7) is 9.78. The van der Waals surface area contributed by atoms with E-state index in [-0.39, 0.29) is 0 Å². The van der Waals surface area contributed by atoms with Crippen LogP contribution in [0.5, 0.6) is 0 Å². The molecule has 0 aromatic heterocycles. The molecule has 0 spiro atoms. The molecule has 3 heteroatoms. The van der Waals surface area contributed by atoms with Gasteiger partial charge in [-0.1, -0.05) is 31.5 Å². The number of anilines is 1. The van der Waals surface area contributed by atoms with Crippen molar-refractivity contribution in [1.29, 1.82) is 0 Å². The van der Waals surface area contributed by atoms with Gasteiger partial charge in [0.05, 0.1) is 0 Å². The fraction of sp³-hybridized carbons (Fsp3) is 0.647. The molecule has 1 heterocycles. The average Bonchev–Trinajstić information content (AvgIpc) is 2.41. The SMILES string of the molecule is CC(C)CNCc1ccc(N2CCCCC2C)cc1Cl. The van der Waals surface area contributed by atoms with E-state index < -0.39 is 0 Å². The largest absolute Gasteiger partial charge is 0.369 e. The van der Waals surface area contributed by atoms with E-state index in [1.165, 1.54) is 30.5 Å². The van der Waals surface area contributed by atoms with Gasteiger partial charge in [0.25, 0.3) is 0 Å². The topological polar surface area (TPSA) is 15.3 Å². The molecule has 0 bridgehead atoms. The second-order valence-corrected chi connectivity index (χ2v) is 6.75. The molecule has 1 aromatic rings. The third kappa shape index (κ3) is 4.13. The van der Waals surface area contributed by atoms with Crippen LogP contribution in [0.3, 0.4) is 0 Å². The van der Waals surface area contributed by atoms with Gasteiger partial charge in [-0.3, -0.25) is 0 Å². The summed E-state index contributed by atoms with van der Waals surface area (Å²) in [6, 6.07) is 7.16. The fourth-order valence-corrected chi connectivity index (χ4v) is 3.08. The van der Waals surface area contributed by atoms with Gasteiger partial charge in [0, 0.05) is 29.8 Å². The lowest BCUT2D eigenvalue weighted by Crippen LogP contribution is -2.37. The quantitative estimate of drug-likeness (QED) is 0.862. The Morgan fingerprint density at radius 1 is 1.35 bits per heavy atom. The number of hydrogen-bond acceptors (Lipinski definition) is 2. The summed E-state index contributed by atoms with van der Waals surface area (Å²) >= 11 is 6.44. The van der Waals surface area contributed by atoms with Crippen LogP contribution in [-0.4, -0.2) is 19.1 Å². The van der Waals surface area contributed by atoms with Crippen LogP contribution in [0.25, 0.3) is 0 Å². The Morgan fingerprint density at radius 3 is 2.80 bits per heavy atom. The molecule has 2 rings (SSSR count). The molecule has 112 valence electrons. The maximum absolute atomic E-state index is 6.44. The molecule has 1 aliphatic heterocycles. The Morgan fingerprint density at radius 2 is 2.15 bits per heavy atom. The Kier molecular flexibility index (Phi) is 5.74. The van der Waals surface area contributed by atoms with E-state index in [0.29, 0.717) is 12.0 Å². The molecule has 0 aliphatic carbocycles. The molecule has 0 radical (unpaired) electrons. The minimum atomic E-state index is 0.629. The average molecular weight is 295 g/mol. The van der Waals surface area contributed by atoms with Crippen LogP contribution in [0, 0.1) is 5.92 Å². The second-order valence-electron chi connectivity index (χ2n) is 6.34. The molecule has 1 atom stereocenters. The van der Waals surface area contributed by atoms with Crippen molar-refractivity contribution < 1.29 is 0 Å². The number of benzene rings is 1. The monoisotopic (exact) mass is 294 g/mol. The Hall–Kier alpha value is -0.730. The van der Waals surface area contributed by atoms with Crippen LogP contribution < -0.4 is 10.2 Å². The van der Waals surface area contributed by atoms with E-state index in [9.17, 15) is 0 Å². The normalized spacial score (nSPS) is 19.6. The highest BCUT2D eigenvalue weighted by molar-refractivity contribution is 6.31. The molecule has 1 unspecified atom stereocenters. The lowest BCUT2D eigenvalue weighted by Gasteiger charge is -2.35. The number of nitrogens with one attached hydrogen (secondary N) is 1. The first kappa shape index (κ1) is 15.7. The first-order valence-electron chi connectivity index (χ1n) is 7.83. The smallest absolute Gasteiger partial charge is 0.0471 e. The Labute approximate surface area is 128 Å². The maximum atomic E-state index is 6.44. The summed E-state index contributed by atoms with van der Waals surface area (Å²) in [7, 11) is 0. The van der Waals surface area contributed by atoms with Gasteiger partial charge in [-0.05, 0) is 56.3 Å². The van der Waals surface area contributed by atoms with Crippen molar-refractivity contribution >= 4 is 17.3 Å². The Balaban J connectivity index is 2.01. The van der Waals surface area contributed by atoms with Crippen molar-refractivity contribution in [3.63, 3.8) is 0 Å². The zero-order valence-electron chi connectivity index (χ0n) is 13.0. The number of halogens is 1. The summed E-state index contributed by atoms with van der Waals surface area (Å²) in [5.74, 6) is 0.669. The first-order valence-corrected chi connectivity index (χ1v) is 8.21. The van der Waals surface area contributed by atoms with Crippen molar-refractivity contribution in [2.75, 3.05) is 18.0 Å². The minimum absolute atomic E-state index is 0.629. The van der Waals surface area contributed by atoms with Gasteiger partial charge >= 0.3 is 0 Å². The number of rotatable bonds is 5. The third-order valence-corrected chi connectivity index (χ3v) is 4.39. The van der Waals surface area contributed by atoms with Gasteiger partial charge in [-0.15, -0.1) is 0 Å². The van der Waals surface area contributed by atoms with E-state index in [0.717, 1.165) is 24.7 Å². The van der Waals surface area contributed by atoms with E-state index in [2.05, 4.69) is 49.2 Å². The number of hydrogen-bond donors (Lipinski definition) is 1. The molecular weight excluding hydrogens is 268 g/mol. The van der Waals surface area contributed by atoms with Crippen LogP contribution in [0.4, 0.5) is 5.69 Å². The lowest BCUT2D eigenvalue weighted by molar-refractivity contribution is 0.485. The molecule has 1 fully saturated rings. The van der Waals surface area contributed by atoms with Crippen molar-refractivity contribution in [3.8, 4) is 0 Å². The molecule has 1 aliphatic rings. The molecule has 1 aromatic carbocycles. The lowest BCUT2D eigenvalue weighted by atomic mass is 10.0. The van der Waals surface area contributed by atoms with Crippen LogP contribution in [0.1, 0.15) is 45.6 Å². The summed E-state index contributed by atoms with van der Waals surface area (Å²) in [5.41, 5.74) is 2.47. The van der Waals surface area contributed by atoms with Gasteiger partial charge in [-0.25, -0.2) is 0 Å². The van der Waals surface area contributed by atoms with Crippen molar-refractivity contribution in [1.82, 2.24) is 5.32 Å². The van der Waals surface area contributed by atoms with Gasteiger partial charge in [0.2, 0.25) is 0 Å². The predicted molar refractivity (Wildman–Crippen MR) is 88.7 cm³/mol. The molecule has 2 nitrogen and oxygen atoms in total. The van der Waals surface area contributed by atoms with Gasteiger partial charge < -0.3 is 10.2 Å². The Bertz CT molecular complexity index is 431. The highest BCUT2D eigenvalue weighted by Crippen LogP contribution is 2.28. The fourth-order valence-electron chi connectivity index (χ4n) is 2.84. The van der Waals surface area contributed by atoms with Crippen LogP contribution >= 0.6 is 11.6 Å². The minimum Gasteiger partial charge on any atom is -0.369 e. The van der Waals surface area contributed by atoms with Gasteiger partial charge in [0.15, 0.2) is 0 Å². The standard InChI is InChI=1S/C17H27ClN2/c1-13(2)11-19-12-15-7-8-16(10-17(15)18)20-9-5-4-6-14(20)3/h7-8,10,13-14,19H,4-6,9,11-12H2,1-3H3. The zero-order valence-corrected chi connectivity index (χ0v) is 13.7. The van der Waals surface area contributed by atoms with E-state index in [1.54, 1.807) is 0 Å². The molecule has 1 saturated heterocycles. The van der Waals surface area contributed by atoms with Crippen molar-refractivity contribution in [2.24, 2.45) is 5.92 Å². The van der Waals surface area contributed by atoms with E-state index in [1.807, 2.05) is 0 Å². The first-order chi connectivity index (χ1) is 9.58.